The average molecular weight is 381 g/mol. The van der Waals surface area contributed by atoms with E-state index in [1.54, 1.807) is 6.07 Å². The zero-order valence-corrected chi connectivity index (χ0v) is 15.8. The number of ketones is 1. The van der Waals surface area contributed by atoms with Gasteiger partial charge in [0.15, 0.2) is 5.92 Å². The minimum atomic E-state index is -1.18. The first-order valence-electron chi connectivity index (χ1n) is 9.15. The van der Waals surface area contributed by atoms with Crippen LogP contribution in [0.2, 0.25) is 0 Å². The van der Waals surface area contributed by atoms with Gasteiger partial charge in [-0.1, -0.05) is 13.3 Å². The van der Waals surface area contributed by atoms with Crippen LogP contribution in [0.15, 0.2) is 10.9 Å². The van der Waals surface area contributed by atoms with Crippen LogP contribution < -0.4 is 5.56 Å². The Balaban J connectivity index is 1.74. The first-order chi connectivity index (χ1) is 13.1. The Morgan fingerprint density at radius 1 is 1.41 bits per heavy atom. The van der Waals surface area contributed by atoms with Crippen molar-refractivity contribution in [1.82, 2.24) is 20.2 Å². The average Bonchev–Trinajstić information content (AvgIpc) is 3.27. The van der Waals surface area contributed by atoms with Gasteiger partial charge in [0.2, 0.25) is 5.78 Å². The molecule has 0 radical (unpaired) electrons. The summed E-state index contributed by atoms with van der Waals surface area (Å²) in [6.07, 6.45) is 5.72. The molecule has 0 saturated carbocycles. The number of hydrogen-bond donors (Lipinski definition) is 2. The van der Waals surface area contributed by atoms with Crippen LogP contribution >= 0.6 is 11.3 Å². The van der Waals surface area contributed by atoms with Crippen LogP contribution in [0, 0.1) is 11.3 Å². The number of thiophene rings is 1. The molecule has 3 aromatic rings. The third-order valence-electron chi connectivity index (χ3n) is 4.91. The van der Waals surface area contributed by atoms with Gasteiger partial charge in [-0.3, -0.25) is 14.7 Å². The van der Waals surface area contributed by atoms with Gasteiger partial charge in [0.05, 0.1) is 11.5 Å². The lowest BCUT2D eigenvalue weighted by atomic mass is 9.97. The van der Waals surface area contributed by atoms with Crippen molar-refractivity contribution in [1.29, 1.82) is 5.26 Å². The highest BCUT2D eigenvalue weighted by atomic mass is 32.1. The number of carbonyl (C=O) groups excluding carboxylic acids is 1. The number of aryl methyl sites for hydroxylation is 3. The van der Waals surface area contributed by atoms with Crippen molar-refractivity contribution in [2.45, 2.75) is 51.4 Å². The Kier molecular flexibility index (Phi) is 4.62. The molecule has 0 saturated heterocycles. The Bertz CT molecular complexity index is 1120. The Labute approximate surface area is 159 Å². The first kappa shape index (κ1) is 17.6. The molecule has 7 nitrogen and oxygen atoms in total. The molecule has 0 bridgehead atoms. The second-order valence-corrected chi connectivity index (χ2v) is 7.88. The number of hydrogen-bond acceptors (Lipinski definition) is 6. The molecular formula is C19H19N5O2S. The highest BCUT2D eigenvalue weighted by molar-refractivity contribution is 7.18. The summed E-state index contributed by atoms with van der Waals surface area (Å²) in [6.45, 7) is 2.03. The number of aromatic amines is 2. The SMILES string of the molecule is CCCc1cc(C(=O)C(C#N)c2nc3sc4c(c3c(=O)[nH]2)CCCC4)n[nH]1. The van der Waals surface area contributed by atoms with Crippen LogP contribution in [0.5, 0.6) is 0 Å². The quantitative estimate of drug-likeness (QED) is 0.659. The maximum absolute atomic E-state index is 12.8. The van der Waals surface area contributed by atoms with Crippen molar-refractivity contribution in [3.05, 3.63) is 44.1 Å². The summed E-state index contributed by atoms with van der Waals surface area (Å²) in [5, 5.41) is 17.0. The molecule has 2 N–H and O–H groups in total. The van der Waals surface area contributed by atoms with Crippen molar-refractivity contribution >= 4 is 27.3 Å². The predicted octanol–water partition coefficient (Wildman–Crippen LogP) is 3.03. The lowest BCUT2D eigenvalue weighted by Crippen LogP contribution is -2.20. The number of fused-ring (bicyclic) bond motifs is 3. The summed E-state index contributed by atoms with van der Waals surface area (Å²) in [5.41, 5.74) is 1.85. The molecule has 3 aromatic heterocycles. The largest absolute Gasteiger partial charge is 0.308 e. The molecule has 0 fully saturated rings. The molecule has 138 valence electrons. The number of nitrogens with zero attached hydrogens (tertiary/aromatic N) is 3. The smallest absolute Gasteiger partial charge is 0.259 e. The summed E-state index contributed by atoms with van der Waals surface area (Å²) in [4.78, 5) is 34.4. The fourth-order valence-electron chi connectivity index (χ4n) is 3.59. The van der Waals surface area contributed by atoms with Gasteiger partial charge in [0.25, 0.3) is 5.56 Å². The minimum absolute atomic E-state index is 0.0960. The van der Waals surface area contributed by atoms with Crippen molar-refractivity contribution in [2.75, 3.05) is 0 Å². The van der Waals surface area contributed by atoms with Crippen molar-refractivity contribution in [2.24, 2.45) is 0 Å². The Morgan fingerprint density at radius 2 is 2.22 bits per heavy atom. The molecule has 0 amide bonds. The standard InChI is InChI=1S/C19H19N5O2S/c1-2-5-10-8-13(24-23-10)16(25)12(9-20)17-21-18(26)15-11-6-3-4-7-14(11)27-19(15)22-17/h8,12H,2-7H2,1H3,(H,23,24)(H,21,22,26). The highest BCUT2D eigenvalue weighted by Crippen LogP contribution is 2.34. The van der Waals surface area contributed by atoms with E-state index in [-0.39, 0.29) is 17.1 Å². The van der Waals surface area contributed by atoms with Crippen LogP contribution in [-0.4, -0.2) is 25.9 Å². The second-order valence-electron chi connectivity index (χ2n) is 6.80. The predicted molar refractivity (Wildman–Crippen MR) is 102 cm³/mol. The maximum Gasteiger partial charge on any atom is 0.259 e. The molecule has 0 spiro atoms. The van der Waals surface area contributed by atoms with Crippen LogP contribution in [0.4, 0.5) is 0 Å². The van der Waals surface area contributed by atoms with Gasteiger partial charge in [-0.05, 0) is 43.7 Å². The van der Waals surface area contributed by atoms with Crippen LogP contribution in [-0.2, 0) is 19.3 Å². The molecule has 1 aliphatic carbocycles. The van der Waals surface area contributed by atoms with E-state index in [9.17, 15) is 14.9 Å². The van der Waals surface area contributed by atoms with E-state index in [4.69, 9.17) is 0 Å². The monoisotopic (exact) mass is 381 g/mol. The molecule has 3 heterocycles. The zero-order valence-electron chi connectivity index (χ0n) is 15.0. The van der Waals surface area contributed by atoms with Gasteiger partial charge < -0.3 is 4.98 Å². The van der Waals surface area contributed by atoms with E-state index in [2.05, 4.69) is 20.2 Å². The number of H-pyrrole nitrogens is 2. The van der Waals surface area contributed by atoms with E-state index in [1.807, 2.05) is 13.0 Å². The normalized spacial score (nSPS) is 14.7. The molecule has 4 rings (SSSR count). The van der Waals surface area contributed by atoms with Crippen LogP contribution in [0.1, 0.15) is 64.6 Å². The van der Waals surface area contributed by atoms with Gasteiger partial charge in [-0.15, -0.1) is 11.3 Å². The number of carbonyl (C=O) groups is 1. The number of rotatable bonds is 5. The summed E-state index contributed by atoms with van der Waals surface area (Å²) in [7, 11) is 0. The number of nitrogens with one attached hydrogen (secondary N) is 2. The molecule has 0 aliphatic heterocycles. The summed E-state index contributed by atoms with van der Waals surface area (Å²) in [5.74, 6) is -1.54. The maximum atomic E-state index is 12.8. The molecule has 0 aromatic carbocycles. The van der Waals surface area contributed by atoms with Gasteiger partial charge in [0, 0.05) is 10.6 Å². The molecule has 8 heteroatoms. The fraction of sp³-hybridized carbons (Fsp3) is 0.421. The minimum Gasteiger partial charge on any atom is -0.308 e. The van der Waals surface area contributed by atoms with Gasteiger partial charge in [-0.2, -0.15) is 10.4 Å². The highest BCUT2D eigenvalue weighted by Gasteiger charge is 2.28. The van der Waals surface area contributed by atoms with Crippen LogP contribution in [0.25, 0.3) is 10.2 Å². The zero-order chi connectivity index (χ0) is 19.0. The second kappa shape index (κ2) is 7.08. The lowest BCUT2D eigenvalue weighted by Gasteiger charge is -2.09. The van der Waals surface area contributed by atoms with E-state index in [0.29, 0.717) is 10.2 Å². The van der Waals surface area contributed by atoms with E-state index < -0.39 is 11.7 Å². The van der Waals surface area contributed by atoms with Gasteiger partial charge >= 0.3 is 0 Å². The third kappa shape index (κ3) is 3.08. The number of Topliss-reactive ketones (excluding diaryl/α,β-unsaturated/α-hetero) is 1. The molecular weight excluding hydrogens is 362 g/mol. The van der Waals surface area contributed by atoms with E-state index >= 15 is 0 Å². The summed E-state index contributed by atoms with van der Waals surface area (Å²) >= 11 is 1.50. The Morgan fingerprint density at radius 3 is 3.00 bits per heavy atom. The molecule has 1 aliphatic rings. The lowest BCUT2D eigenvalue weighted by molar-refractivity contribution is 0.0971. The molecule has 1 atom stereocenters. The summed E-state index contributed by atoms with van der Waals surface area (Å²) in [6, 6.07) is 3.64. The van der Waals surface area contributed by atoms with E-state index in [1.165, 1.54) is 16.2 Å². The molecule has 27 heavy (non-hydrogen) atoms. The summed E-state index contributed by atoms with van der Waals surface area (Å²) < 4.78 is 0. The van der Waals surface area contributed by atoms with Crippen molar-refractivity contribution < 1.29 is 4.79 Å². The van der Waals surface area contributed by atoms with Crippen molar-refractivity contribution in [3.63, 3.8) is 0 Å². The fourth-order valence-corrected chi connectivity index (χ4v) is 4.86. The van der Waals surface area contributed by atoms with Gasteiger partial charge in [0.1, 0.15) is 16.3 Å². The van der Waals surface area contributed by atoms with Crippen molar-refractivity contribution in [3.8, 4) is 6.07 Å². The number of nitriles is 1. The molecule has 1 unspecified atom stereocenters. The van der Waals surface area contributed by atoms with Crippen LogP contribution in [0.3, 0.4) is 0 Å². The van der Waals surface area contributed by atoms with Gasteiger partial charge in [-0.25, -0.2) is 4.98 Å². The number of aromatic nitrogens is 4. The van der Waals surface area contributed by atoms with E-state index in [0.717, 1.165) is 49.8 Å². The third-order valence-corrected chi connectivity index (χ3v) is 6.10. The topological polar surface area (TPSA) is 115 Å². The first-order valence-corrected chi connectivity index (χ1v) is 9.96. The Hall–Kier alpha value is -2.79.